The van der Waals surface area contributed by atoms with Crippen LogP contribution in [0.4, 0.5) is 0 Å². The van der Waals surface area contributed by atoms with Crippen molar-refractivity contribution in [3.8, 4) is 17.0 Å². The molecule has 4 atom stereocenters. The fourth-order valence-electron chi connectivity index (χ4n) is 8.04. The Morgan fingerprint density at radius 2 is 1.66 bits per heavy atom. The van der Waals surface area contributed by atoms with E-state index >= 15 is 0 Å². The third-order valence-electron chi connectivity index (χ3n) is 10.8. The topological polar surface area (TPSA) is 139 Å². The predicted octanol–water partition coefficient (Wildman–Crippen LogP) is 4.53. The molecule has 50 heavy (non-hydrogen) atoms. The Balaban J connectivity index is 1.52. The standard InChI is InChI=1S/C37H49N5O7S/c1-22-19-41(20-23(2)49-22)36(45)35(44)38-37(4)21-42-31-17-26(34(43)39-50(46,47)40(5)6)13-15-29(31)32(25-11-9-8-10-12-25)33(42)28-16-14-27(48-7)18-30(28)24(37)3/h13-18,22-25H,8-12,19-21H2,1-7H3,(H,38,44)(H,39,43)/t22-,23+,24-,37-/m0/s1. The second-order valence-corrected chi connectivity index (χ2v) is 16.5. The van der Waals surface area contributed by atoms with Gasteiger partial charge in [-0.25, -0.2) is 4.72 Å². The monoisotopic (exact) mass is 707 g/mol. The van der Waals surface area contributed by atoms with E-state index in [0.717, 1.165) is 57.7 Å². The van der Waals surface area contributed by atoms with Crippen molar-refractivity contribution in [1.29, 1.82) is 0 Å². The molecule has 2 fully saturated rings. The highest BCUT2D eigenvalue weighted by atomic mass is 32.2. The second-order valence-electron chi connectivity index (χ2n) is 14.6. The van der Waals surface area contributed by atoms with Gasteiger partial charge in [0.15, 0.2) is 0 Å². The lowest BCUT2D eigenvalue weighted by atomic mass is 9.78. The van der Waals surface area contributed by atoms with Gasteiger partial charge in [0.2, 0.25) is 0 Å². The molecule has 2 N–H and O–H groups in total. The molecule has 0 radical (unpaired) electrons. The normalized spacial score (nSPS) is 24.3. The smallest absolute Gasteiger partial charge is 0.312 e. The fraction of sp³-hybridized carbons (Fsp3) is 0.541. The van der Waals surface area contributed by atoms with E-state index in [1.807, 2.05) is 39.0 Å². The third-order valence-corrected chi connectivity index (χ3v) is 12.2. The number of carbonyl (C=O) groups excluding carboxylic acids is 3. The molecule has 12 nitrogen and oxygen atoms in total. The number of morpholine rings is 1. The quantitative estimate of drug-likeness (QED) is 0.359. The van der Waals surface area contributed by atoms with Gasteiger partial charge in [0.05, 0.1) is 30.6 Å². The highest BCUT2D eigenvalue weighted by Gasteiger charge is 2.43. The van der Waals surface area contributed by atoms with E-state index in [4.69, 9.17) is 9.47 Å². The zero-order valence-electron chi connectivity index (χ0n) is 30.0. The summed E-state index contributed by atoms with van der Waals surface area (Å²) in [4.78, 5) is 42.4. The van der Waals surface area contributed by atoms with Crippen LogP contribution in [0.15, 0.2) is 36.4 Å². The van der Waals surface area contributed by atoms with Crippen LogP contribution in [0.2, 0.25) is 0 Å². The van der Waals surface area contributed by atoms with Crippen LogP contribution in [-0.4, -0.2) is 92.0 Å². The maximum absolute atomic E-state index is 13.9. The molecule has 0 spiro atoms. The summed E-state index contributed by atoms with van der Waals surface area (Å²) in [5.41, 5.74) is 4.16. The van der Waals surface area contributed by atoms with E-state index in [1.54, 1.807) is 24.1 Å². The first kappa shape index (κ1) is 35.9. The zero-order chi connectivity index (χ0) is 36.1. The highest BCUT2D eigenvalue weighted by molar-refractivity contribution is 7.87. The summed E-state index contributed by atoms with van der Waals surface area (Å²) in [6.07, 6.45) is 5.07. The number of nitrogens with one attached hydrogen (secondary N) is 2. The molecule has 1 aliphatic carbocycles. The molecule has 1 saturated heterocycles. The summed E-state index contributed by atoms with van der Waals surface area (Å²) in [5, 5.41) is 4.15. The Kier molecular flexibility index (Phi) is 9.79. The van der Waals surface area contributed by atoms with Crippen LogP contribution < -0.4 is 14.8 Å². The molecule has 2 aliphatic heterocycles. The summed E-state index contributed by atoms with van der Waals surface area (Å²) >= 11 is 0. The van der Waals surface area contributed by atoms with E-state index in [-0.39, 0.29) is 29.6 Å². The van der Waals surface area contributed by atoms with Crippen molar-refractivity contribution in [1.82, 2.24) is 23.8 Å². The number of benzene rings is 2. The van der Waals surface area contributed by atoms with Gasteiger partial charge < -0.3 is 24.3 Å². The van der Waals surface area contributed by atoms with Gasteiger partial charge in [0.1, 0.15) is 5.75 Å². The van der Waals surface area contributed by atoms with Gasteiger partial charge in [0.25, 0.3) is 5.91 Å². The number of ether oxygens (including phenoxy) is 2. The van der Waals surface area contributed by atoms with Crippen molar-refractivity contribution in [3.05, 3.63) is 53.1 Å². The fourth-order valence-corrected chi connectivity index (χ4v) is 8.58. The average Bonchev–Trinajstić information content (AvgIpc) is 3.34. The van der Waals surface area contributed by atoms with Crippen molar-refractivity contribution >= 4 is 38.8 Å². The number of methoxy groups -OCH3 is 1. The molecule has 3 amide bonds. The number of amides is 3. The molecule has 1 aromatic heterocycles. The maximum atomic E-state index is 13.9. The molecule has 6 rings (SSSR count). The van der Waals surface area contributed by atoms with Crippen LogP contribution in [0, 0.1) is 0 Å². The van der Waals surface area contributed by atoms with Crippen molar-refractivity contribution in [2.75, 3.05) is 34.3 Å². The minimum atomic E-state index is -4.02. The third kappa shape index (κ3) is 6.62. The lowest BCUT2D eigenvalue weighted by Gasteiger charge is -2.38. The predicted molar refractivity (Wildman–Crippen MR) is 191 cm³/mol. The summed E-state index contributed by atoms with van der Waals surface area (Å²) in [6.45, 7) is 8.74. The van der Waals surface area contributed by atoms with Crippen LogP contribution in [-0.2, 0) is 31.1 Å². The lowest BCUT2D eigenvalue weighted by molar-refractivity contribution is -0.154. The molecule has 2 aromatic carbocycles. The van der Waals surface area contributed by atoms with Crippen LogP contribution in [0.25, 0.3) is 22.2 Å². The van der Waals surface area contributed by atoms with Gasteiger partial charge in [0, 0.05) is 61.7 Å². The van der Waals surface area contributed by atoms with E-state index in [1.165, 1.54) is 26.1 Å². The Bertz CT molecular complexity index is 1920. The van der Waals surface area contributed by atoms with Crippen LogP contribution in [0.5, 0.6) is 5.75 Å². The first-order chi connectivity index (χ1) is 23.6. The van der Waals surface area contributed by atoms with E-state index < -0.39 is 33.5 Å². The van der Waals surface area contributed by atoms with E-state index in [0.29, 0.717) is 25.4 Å². The number of carbonyl (C=O) groups is 3. The number of rotatable bonds is 6. The maximum Gasteiger partial charge on any atom is 0.312 e. The molecule has 0 bridgehead atoms. The molecule has 3 aromatic rings. The van der Waals surface area contributed by atoms with E-state index in [2.05, 4.69) is 27.6 Å². The Labute approximate surface area is 294 Å². The SMILES string of the molecule is COc1ccc2c(c1)[C@H](C)[C@@](C)(NC(=O)C(=O)N1C[C@@H](C)O[C@@H](C)C1)Cn1c-2c(C2CCCCC2)c2ccc(C(=O)NS(=O)(=O)N(C)C)cc21. The number of hydrogen-bond acceptors (Lipinski definition) is 7. The van der Waals surface area contributed by atoms with Gasteiger partial charge in [-0.1, -0.05) is 32.3 Å². The molecule has 1 saturated carbocycles. The number of aromatic nitrogens is 1. The number of hydrogen-bond donors (Lipinski definition) is 2. The van der Waals surface area contributed by atoms with Gasteiger partial charge in [-0.05, 0) is 81.0 Å². The van der Waals surface area contributed by atoms with Gasteiger partial charge in [-0.2, -0.15) is 12.7 Å². The van der Waals surface area contributed by atoms with Crippen LogP contribution in [0.1, 0.15) is 93.1 Å². The summed E-state index contributed by atoms with van der Waals surface area (Å²) in [7, 11) is 0.319. The molecule has 3 aliphatic rings. The van der Waals surface area contributed by atoms with Crippen molar-refractivity contribution in [2.45, 2.75) is 95.9 Å². The molecule has 0 unspecified atom stereocenters. The molecule has 13 heteroatoms. The first-order valence-corrected chi connectivity index (χ1v) is 18.9. The summed E-state index contributed by atoms with van der Waals surface area (Å²) < 4.78 is 41.9. The largest absolute Gasteiger partial charge is 0.497 e. The van der Waals surface area contributed by atoms with E-state index in [9.17, 15) is 22.8 Å². The average molecular weight is 708 g/mol. The Morgan fingerprint density at radius 1 is 0.980 bits per heavy atom. The second kappa shape index (κ2) is 13.6. The summed E-state index contributed by atoms with van der Waals surface area (Å²) in [5.74, 6) is -1.34. The zero-order valence-corrected chi connectivity index (χ0v) is 30.9. The molecule has 3 heterocycles. The Morgan fingerprint density at radius 3 is 2.30 bits per heavy atom. The van der Waals surface area contributed by atoms with Crippen molar-refractivity contribution in [3.63, 3.8) is 0 Å². The summed E-state index contributed by atoms with van der Waals surface area (Å²) in [6, 6.07) is 11.4. The van der Waals surface area contributed by atoms with Crippen LogP contribution >= 0.6 is 0 Å². The van der Waals surface area contributed by atoms with Crippen LogP contribution in [0.3, 0.4) is 0 Å². The van der Waals surface area contributed by atoms with Gasteiger partial charge in [-0.15, -0.1) is 0 Å². The minimum Gasteiger partial charge on any atom is -0.497 e. The van der Waals surface area contributed by atoms with Crippen molar-refractivity contribution < 1.29 is 32.3 Å². The Hall–Kier alpha value is -3.94. The highest BCUT2D eigenvalue weighted by Crippen LogP contribution is 2.50. The molecule has 270 valence electrons. The van der Waals surface area contributed by atoms with Gasteiger partial charge in [-0.3, -0.25) is 14.4 Å². The van der Waals surface area contributed by atoms with Crippen molar-refractivity contribution in [2.24, 2.45) is 0 Å². The van der Waals surface area contributed by atoms with Gasteiger partial charge >= 0.3 is 22.0 Å². The number of nitrogens with zero attached hydrogens (tertiary/aromatic N) is 3. The minimum absolute atomic E-state index is 0.187. The first-order valence-electron chi connectivity index (χ1n) is 17.5. The lowest BCUT2D eigenvalue weighted by Crippen LogP contribution is -2.58. The molecular weight excluding hydrogens is 659 g/mol. The molecular formula is C37H49N5O7S. The number of fused-ring (bicyclic) bond motifs is 5.